The van der Waals surface area contributed by atoms with Crippen molar-refractivity contribution in [2.75, 3.05) is 19.8 Å². The number of para-hydroxylation sites is 1. The van der Waals surface area contributed by atoms with Crippen molar-refractivity contribution < 1.29 is 27.4 Å². The van der Waals surface area contributed by atoms with Crippen LogP contribution in [0.15, 0.2) is 36.4 Å². The monoisotopic (exact) mass is 398 g/mol. The summed E-state index contributed by atoms with van der Waals surface area (Å²) >= 11 is 6.01. The molecule has 0 fully saturated rings. The number of hydrogen-bond acceptors (Lipinski definition) is 4. The van der Waals surface area contributed by atoms with Crippen LogP contribution in [-0.2, 0) is 12.7 Å². The highest BCUT2D eigenvalue weighted by Gasteiger charge is 2.38. The molecule has 27 heavy (non-hydrogen) atoms. The van der Waals surface area contributed by atoms with Crippen LogP contribution in [0.3, 0.4) is 0 Å². The molecule has 5 nitrogen and oxygen atoms in total. The van der Waals surface area contributed by atoms with Crippen molar-refractivity contribution in [1.82, 2.24) is 9.55 Å². The summed E-state index contributed by atoms with van der Waals surface area (Å²) in [7, 11) is 0. The molecule has 0 N–H and O–H groups in total. The van der Waals surface area contributed by atoms with Crippen LogP contribution in [0.4, 0.5) is 13.2 Å². The minimum atomic E-state index is -4.61. The van der Waals surface area contributed by atoms with Crippen LogP contribution in [0.2, 0.25) is 5.02 Å². The van der Waals surface area contributed by atoms with Gasteiger partial charge in [0.15, 0.2) is 11.5 Å². The second-order valence-electron chi connectivity index (χ2n) is 5.85. The lowest BCUT2D eigenvalue weighted by molar-refractivity contribution is -0.147. The van der Waals surface area contributed by atoms with Crippen molar-refractivity contribution in [2.24, 2.45) is 0 Å². The molecule has 0 radical (unpaired) electrons. The summed E-state index contributed by atoms with van der Waals surface area (Å²) in [6.07, 6.45) is -4.61. The number of alkyl halides is 3. The van der Waals surface area contributed by atoms with E-state index in [4.69, 9.17) is 25.8 Å². The molecule has 1 aliphatic rings. The molecule has 0 atom stereocenters. The molecular weight excluding hydrogens is 385 g/mol. The minimum Gasteiger partial charge on any atom is -0.490 e. The van der Waals surface area contributed by atoms with Crippen molar-refractivity contribution in [3.05, 3.63) is 47.2 Å². The highest BCUT2D eigenvalue weighted by Crippen LogP contribution is 2.38. The van der Waals surface area contributed by atoms with Crippen LogP contribution in [0.25, 0.3) is 11.0 Å². The molecular formula is C18H14ClF3N2O3. The first-order valence-electron chi connectivity index (χ1n) is 8.18. The Morgan fingerprint density at radius 2 is 1.81 bits per heavy atom. The molecule has 0 aliphatic carbocycles. The van der Waals surface area contributed by atoms with E-state index in [1.807, 2.05) is 0 Å². The van der Waals surface area contributed by atoms with Gasteiger partial charge in [-0.25, -0.2) is 4.98 Å². The zero-order valence-electron chi connectivity index (χ0n) is 13.9. The topological polar surface area (TPSA) is 45.5 Å². The number of fused-ring (bicyclic) bond motifs is 2. The first-order chi connectivity index (χ1) is 12.9. The highest BCUT2D eigenvalue weighted by atomic mass is 35.5. The summed E-state index contributed by atoms with van der Waals surface area (Å²) in [5, 5.41) is 0.392. The SMILES string of the molecule is FC(F)(F)c1nc2cc3c(cc2n1CCOc1ccccc1Cl)OCCO3. The van der Waals surface area contributed by atoms with E-state index in [1.54, 1.807) is 24.3 Å². The van der Waals surface area contributed by atoms with Crippen LogP contribution < -0.4 is 14.2 Å². The van der Waals surface area contributed by atoms with Crippen LogP contribution in [0, 0.1) is 0 Å². The fourth-order valence-electron chi connectivity index (χ4n) is 2.91. The van der Waals surface area contributed by atoms with Gasteiger partial charge in [-0.2, -0.15) is 13.2 Å². The van der Waals surface area contributed by atoms with Gasteiger partial charge in [0.2, 0.25) is 5.82 Å². The van der Waals surface area contributed by atoms with Crippen molar-refractivity contribution in [1.29, 1.82) is 0 Å². The summed E-state index contributed by atoms with van der Waals surface area (Å²) in [6.45, 7) is 0.619. The van der Waals surface area contributed by atoms with E-state index < -0.39 is 12.0 Å². The molecule has 2 aromatic carbocycles. The van der Waals surface area contributed by atoms with Gasteiger partial charge >= 0.3 is 6.18 Å². The lowest BCUT2D eigenvalue weighted by atomic mass is 10.2. The smallest absolute Gasteiger partial charge is 0.449 e. The van der Waals surface area contributed by atoms with Gasteiger partial charge in [0.25, 0.3) is 0 Å². The third-order valence-corrected chi connectivity index (χ3v) is 4.39. The Kier molecular flexibility index (Phi) is 4.51. The van der Waals surface area contributed by atoms with Gasteiger partial charge in [0.1, 0.15) is 25.6 Å². The van der Waals surface area contributed by atoms with E-state index in [1.165, 1.54) is 12.1 Å². The van der Waals surface area contributed by atoms with E-state index in [0.29, 0.717) is 41.0 Å². The molecule has 0 amide bonds. The molecule has 1 aromatic heterocycles. The van der Waals surface area contributed by atoms with E-state index in [2.05, 4.69) is 4.98 Å². The Bertz CT molecular complexity index is 988. The second-order valence-corrected chi connectivity index (χ2v) is 6.26. The Morgan fingerprint density at radius 3 is 2.52 bits per heavy atom. The normalized spacial score (nSPS) is 13.8. The quantitative estimate of drug-likeness (QED) is 0.646. The molecule has 2 heterocycles. The van der Waals surface area contributed by atoms with Crippen molar-refractivity contribution in [3.8, 4) is 17.2 Å². The summed E-state index contributed by atoms with van der Waals surface area (Å²) < 4.78 is 57.9. The Hall–Kier alpha value is -2.61. The number of aromatic nitrogens is 2. The lowest BCUT2D eigenvalue weighted by Crippen LogP contribution is -2.18. The summed E-state index contributed by atoms with van der Waals surface area (Å²) in [5.41, 5.74) is 0.485. The largest absolute Gasteiger partial charge is 0.490 e. The number of benzene rings is 2. The summed E-state index contributed by atoms with van der Waals surface area (Å²) in [5.74, 6) is 0.198. The van der Waals surface area contributed by atoms with E-state index >= 15 is 0 Å². The maximum Gasteiger partial charge on any atom is 0.449 e. The molecule has 3 aromatic rings. The number of ether oxygens (including phenoxy) is 3. The second kappa shape index (κ2) is 6.84. The predicted molar refractivity (Wildman–Crippen MR) is 92.7 cm³/mol. The zero-order chi connectivity index (χ0) is 19.0. The minimum absolute atomic E-state index is 0.00723. The molecule has 0 saturated carbocycles. The summed E-state index contributed by atoms with van der Waals surface area (Å²) in [6, 6.07) is 9.75. The molecule has 0 spiro atoms. The molecule has 1 aliphatic heterocycles. The molecule has 0 saturated heterocycles. The first-order valence-corrected chi connectivity index (χ1v) is 8.55. The maximum absolute atomic E-state index is 13.5. The lowest BCUT2D eigenvalue weighted by Gasteiger charge is -2.18. The number of nitrogens with zero attached hydrogens (tertiary/aromatic N) is 2. The van der Waals surface area contributed by atoms with Gasteiger partial charge in [-0.15, -0.1) is 0 Å². The van der Waals surface area contributed by atoms with Crippen molar-refractivity contribution in [3.63, 3.8) is 0 Å². The molecule has 0 unspecified atom stereocenters. The third-order valence-electron chi connectivity index (χ3n) is 4.07. The molecule has 4 rings (SSSR count). The maximum atomic E-state index is 13.5. The van der Waals surface area contributed by atoms with E-state index in [9.17, 15) is 13.2 Å². The van der Waals surface area contributed by atoms with Gasteiger partial charge in [0, 0.05) is 12.1 Å². The van der Waals surface area contributed by atoms with Crippen molar-refractivity contribution >= 4 is 22.6 Å². The van der Waals surface area contributed by atoms with Gasteiger partial charge in [-0.1, -0.05) is 23.7 Å². The van der Waals surface area contributed by atoms with Gasteiger partial charge in [0.05, 0.1) is 22.6 Å². The Labute approximate surface area is 157 Å². The fourth-order valence-corrected chi connectivity index (χ4v) is 3.10. The number of rotatable bonds is 4. The predicted octanol–water partition coefficient (Wildman–Crippen LogP) is 4.56. The molecule has 9 heteroatoms. The number of imidazole rings is 1. The summed E-state index contributed by atoms with van der Waals surface area (Å²) in [4.78, 5) is 3.76. The van der Waals surface area contributed by atoms with Crippen molar-refractivity contribution in [2.45, 2.75) is 12.7 Å². The molecule has 0 bridgehead atoms. The standard InChI is InChI=1S/C18H14ClF3N2O3/c19-11-3-1-2-4-14(11)25-6-5-24-13-10-16-15(26-7-8-27-16)9-12(13)23-17(24)18(20,21)22/h1-4,9-10H,5-8H2. The third kappa shape index (κ3) is 3.49. The highest BCUT2D eigenvalue weighted by molar-refractivity contribution is 6.32. The van der Waals surface area contributed by atoms with Crippen LogP contribution in [0.1, 0.15) is 5.82 Å². The van der Waals surface area contributed by atoms with Gasteiger partial charge in [-0.3, -0.25) is 0 Å². The zero-order valence-corrected chi connectivity index (χ0v) is 14.7. The van der Waals surface area contributed by atoms with Gasteiger partial charge < -0.3 is 18.8 Å². The first kappa shape index (κ1) is 17.8. The Balaban J connectivity index is 1.67. The van der Waals surface area contributed by atoms with Crippen LogP contribution in [-0.4, -0.2) is 29.4 Å². The fraction of sp³-hybridized carbons (Fsp3) is 0.278. The van der Waals surface area contributed by atoms with E-state index in [0.717, 1.165) is 4.57 Å². The van der Waals surface area contributed by atoms with Gasteiger partial charge in [-0.05, 0) is 12.1 Å². The Morgan fingerprint density at radius 1 is 1.11 bits per heavy atom. The van der Waals surface area contributed by atoms with E-state index in [-0.39, 0.29) is 18.7 Å². The number of halogens is 4. The van der Waals surface area contributed by atoms with Crippen LogP contribution in [0.5, 0.6) is 17.2 Å². The molecule has 142 valence electrons. The average Bonchev–Trinajstić information content (AvgIpc) is 2.99. The average molecular weight is 399 g/mol. The number of hydrogen-bond donors (Lipinski definition) is 0. The van der Waals surface area contributed by atoms with Crippen LogP contribution >= 0.6 is 11.6 Å².